The number of aromatic nitrogens is 1. The summed E-state index contributed by atoms with van der Waals surface area (Å²) in [4.78, 5) is 20.0. The first kappa shape index (κ1) is 21.7. The normalized spacial score (nSPS) is 11.1. The lowest BCUT2D eigenvalue weighted by Gasteiger charge is -2.18. The van der Waals surface area contributed by atoms with Crippen molar-refractivity contribution in [3.63, 3.8) is 0 Å². The standard InChI is InChI=1S/C21H21Cl2N3O2S/c1-26(12-20(27)24-18-9-15(22)5-7-19(18)28-2)11-14-8-13-4-6-16(29-3)10-17(13)25-21(14)23/h4-10H,11-12H2,1-3H3,(H,24,27). The second-order valence-corrected chi connectivity index (χ2v) is 8.24. The topological polar surface area (TPSA) is 54.5 Å². The third kappa shape index (κ3) is 5.54. The van der Waals surface area contributed by atoms with Crippen molar-refractivity contribution >= 4 is 57.5 Å². The van der Waals surface area contributed by atoms with Gasteiger partial charge in [0, 0.05) is 27.4 Å². The third-order valence-electron chi connectivity index (χ3n) is 4.34. The van der Waals surface area contributed by atoms with Gasteiger partial charge in [-0.3, -0.25) is 9.69 Å². The molecule has 3 rings (SSSR count). The number of anilines is 1. The Morgan fingerprint density at radius 2 is 2.00 bits per heavy atom. The Balaban J connectivity index is 1.68. The summed E-state index contributed by atoms with van der Waals surface area (Å²) in [5, 5.41) is 4.82. The van der Waals surface area contributed by atoms with Gasteiger partial charge in [-0.05, 0) is 49.7 Å². The fourth-order valence-electron chi connectivity index (χ4n) is 2.96. The van der Waals surface area contributed by atoms with Crippen LogP contribution in [0.4, 0.5) is 5.69 Å². The van der Waals surface area contributed by atoms with Gasteiger partial charge in [-0.1, -0.05) is 29.3 Å². The number of carbonyl (C=O) groups excluding carboxylic acids is 1. The molecule has 0 aliphatic heterocycles. The van der Waals surface area contributed by atoms with Gasteiger partial charge in [0.2, 0.25) is 5.91 Å². The highest BCUT2D eigenvalue weighted by Gasteiger charge is 2.13. The second-order valence-electron chi connectivity index (χ2n) is 6.56. The Bertz CT molecular complexity index is 1050. The summed E-state index contributed by atoms with van der Waals surface area (Å²) in [6.45, 7) is 0.668. The highest BCUT2D eigenvalue weighted by molar-refractivity contribution is 7.98. The Kier molecular flexibility index (Phi) is 7.24. The maximum absolute atomic E-state index is 12.5. The predicted octanol–water partition coefficient (Wildman–Crippen LogP) is 5.34. The summed E-state index contributed by atoms with van der Waals surface area (Å²) in [7, 11) is 3.40. The number of likely N-dealkylation sites (N-methyl/N-ethyl adjacent to an activating group) is 1. The smallest absolute Gasteiger partial charge is 0.238 e. The molecule has 5 nitrogen and oxygen atoms in total. The first-order valence-corrected chi connectivity index (χ1v) is 10.8. The predicted molar refractivity (Wildman–Crippen MR) is 122 cm³/mol. The van der Waals surface area contributed by atoms with Crippen molar-refractivity contribution < 1.29 is 9.53 Å². The number of benzene rings is 2. The Labute approximate surface area is 184 Å². The molecule has 1 aromatic heterocycles. The van der Waals surface area contributed by atoms with Crippen LogP contribution in [0, 0.1) is 0 Å². The van der Waals surface area contributed by atoms with Gasteiger partial charge in [0.25, 0.3) is 0 Å². The van der Waals surface area contributed by atoms with E-state index in [1.165, 1.54) is 0 Å². The first-order chi connectivity index (χ1) is 13.9. The number of fused-ring (bicyclic) bond motifs is 1. The van der Waals surface area contributed by atoms with Gasteiger partial charge in [-0.25, -0.2) is 4.98 Å². The Morgan fingerprint density at radius 1 is 1.21 bits per heavy atom. The number of hydrogen-bond donors (Lipinski definition) is 1. The SMILES string of the molecule is COc1ccc(Cl)cc1NC(=O)CN(C)Cc1cc2ccc(SC)cc2nc1Cl. The summed E-state index contributed by atoms with van der Waals surface area (Å²) in [5.41, 5.74) is 2.26. The maximum atomic E-state index is 12.5. The van der Waals surface area contributed by atoms with E-state index in [0.29, 0.717) is 28.2 Å². The molecule has 1 amide bonds. The zero-order chi connectivity index (χ0) is 21.0. The second kappa shape index (κ2) is 9.67. The van der Waals surface area contributed by atoms with Gasteiger partial charge >= 0.3 is 0 Å². The van der Waals surface area contributed by atoms with Crippen LogP contribution in [0.1, 0.15) is 5.56 Å². The molecule has 1 heterocycles. The quantitative estimate of drug-likeness (QED) is 0.389. The van der Waals surface area contributed by atoms with Crippen molar-refractivity contribution in [2.24, 2.45) is 0 Å². The zero-order valence-electron chi connectivity index (χ0n) is 16.3. The number of ether oxygens (including phenoxy) is 1. The Morgan fingerprint density at radius 3 is 2.72 bits per heavy atom. The van der Waals surface area contributed by atoms with Crippen molar-refractivity contribution in [3.8, 4) is 5.75 Å². The summed E-state index contributed by atoms with van der Waals surface area (Å²) in [6, 6.07) is 13.2. The van der Waals surface area contributed by atoms with E-state index in [4.69, 9.17) is 27.9 Å². The average molecular weight is 450 g/mol. The summed E-state index contributed by atoms with van der Waals surface area (Å²) < 4.78 is 5.26. The number of rotatable bonds is 7. The van der Waals surface area contributed by atoms with Gasteiger partial charge in [0.1, 0.15) is 10.9 Å². The number of thioether (sulfide) groups is 1. The van der Waals surface area contributed by atoms with Crippen LogP contribution >= 0.6 is 35.0 Å². The molecule has 0 saturated heterocycles. The van der Waals surface area contributed by atoms with E-state index < -0.39 is 0 Å². The monoisotopic (exact) mass is 449 g/mol. The highest BCUT2D eigenvalue weighted by atomic mass is 35.5. The molecule has 0 aliphatic carbocycles. The molecule has 0 spiro atoms. The molecule has 0 unspecified atom stereocenters. The van der Waals surface area contributed by atoms with Crippen LogP contribution in [0.2, 0.25) is 10.2 Å². The Hall–Kier alpha value is -1.99. The largest absolute Gasteiger partial charge is 0.495 e. The molecule has 152 valence electrons. The molecule has 0 aliphatic rings. The molecule has 8 heteroatoms. The molecule has 0 atom stereocenters. The molecule has 0 saturated carbocycles. The lowest BCUT2D eigenvalue weighted by molar-refractivity contribution is -0.117. The fourth-order valence-corrected chi connectivity index (χ4v) is 3.78. The number of nitrogens with one attached hydrogen (secondary N) is 1. The summed E-state index contributed by atoms with van der Waals surface area (Å²) in [6.07, 6.45) is 2.02. The lowest BCUT2D eigenvalue weighted by Crippen LogP contribution is -2.30. The van der Waals surface area contributed by atoms with Crippen LogP contribution in [-0.4, -0.2) is 42.7 Å². The zero-order valence-corrected chi connectivity index (χ0v) is 18.7. The molecule has 0 bridgehead atoms. The van der Waals surface area contributed by atoms with Crippen molar-refractivity contribution in [2.75, 3.05) is 32.3 Å². The minimum Gasteiger partial charge on any atom is -0.495 e. The third-order valence-corrected chi connectivity index (χ3v) is 5.63. The molecule has 2 aromatic carbocycles. The van der Waals surface area contributed by atoms with Gasteiger partial charge in [-0.15, -0.1) is 11.8 Å². The van der Waals surface area contributed by atoms with Crippen LogP contribution in [0.5, 0.6) is 5.75 Å². The van der Waals surface area contributed by atoms with Crippen molar-refractivity contribution in [1.82, 2.24) is 9.88 Å². The van der Waals surface area contributed by atoms with Gasteiger partial charge < -0.3 is 10.1 Å². The van der Waals surface area contributed by atoms with Crippen LogP contribution in [0.25, 0.3) is 10.9 Å². The number of nitrogens with zero attached hydrogens (tertiary/aromatic N) is 2. The van der Waals surface area contributed by atoms with Crippen molar-refractivity contribution in [1.29, 1.82) is 0 Å². The van der Waals surface area contributed by atoms with Crippen LogP contribution in [0.3, 0.4) is 0 Å². The minimum atomic E-state index is -0.178. The molecular weight excluding hydrogens is 429 g/mol. The lowest BCUT2D eigenvalue weighted by atomic mass is 10.1. The highest BCUT2D eigenvalue weighted by Crippen LogP contribution is 2.28. The summed E-state index contributed by atoms with van der Waals surface area (Å²) in [5.74, 6) is 0.374. The molecular formula is C21H21Cl2N3O2S. The van der Waals surface area contributed by atoms with Crippen molar-refractivity contribution in [3.05, 3.63) is 58.2 Å². The molecule has 0 fully saturated rings. The van der Waals surface area contributed by atoms with Crippen molar-refractivity contribution in [2.45, 2.75) is 11.4 Å². The van der Waals surface area contributed by atoms with Gasteiger partial charge in [0.05, 0.1) is 24.9 Å². The van der Waals surface area contributed by atoms with E-state index in [-0.39, 0.29) is 12.5 Å². The van der Waals surface area contributed by atoms with E-state index >= 15 is 0 Å². The maximum Gasteiger partial charge on any atom is 0.238 e. The molecule has 0 radical (unpaired) electrons. The van der Waals surface area contributed by atoms with E-state index in [1.54, 1.807) is 37.1 Å². The number of halogens is 2. The van der Waals surface area contributed by atoms with Crippen LogP contribution in [0.15, 0.2) is 47.4 Å². The minimum absolute atomic E-state index is 0.176. The number of amides is 1. The fraction of sp³-hybridized carbons (Fsp3) is 0.238. The number of carbonyl (C=O) groups is 1. The number of pyridine rings is 1. The van der Waals surface area contributed by atoms with Crippen LogP contribution in [-0.2, 0) is 11.3 Å². The molecule has 3 aromatic rings. The summed E-state index contributed by atoms with van der Waals surface area (Å²) >= 11 is 14.1. The van der Waals surface area contributed by atoms with E-state index in [0.717, 1.165) is 21.4 Å². The number of methoxy groups -OCH3 is 1. The first-order valence-electron chi connectivity index (χ1n) is 8.84. The van der Waals surface area contributed by atoms with E-state index in [2.05, 4.69) is 16.4 Å². The van der Waals surface area contributed by atoms with Gasteiger partial charge in [-0.2, -0.15) is 0 Å². The van der Waals surface area contributed by atoms with E-state index in [1.807, 2.05) is 36.4 Å². The average Bonchev–Trinajstić information content (AvgIpc) is 2.68. The molecule has 1 N–H and O–H groups in total. The van der Waals surface area contributed by atoms with E-state index in [9.17, 15) is 4.79 Å². The van der Waals surface area contributed by atoms with Gasteiger partial charge in [0.15, 0.2) is 0 Å². The van der Waals surface area contributed by atoms with Crippen LogP contribution < -0.4 is 10.1 Å². The number of hydrogen-bond acceptors (Lipinski definition) is 5. The molecule has 29 heavy (non-hydrogen) atoms.